The number of fused-ring (bicyclic) bond motifs is 1. The van der Waals surface area contributed by atoms with E-state index < -0.39 is 0 Å². The predicted molar refractivity (Wildman–Crippen MR) is 80.0 cm³/mol. The van der Waals surface area contributed by atoms with Crippen LogP contribution >= 0.6 is 11.3 Å². The molecule has 0 amide bonds. The van der Waals surface area contributed by atoms with Crippen molar-refractivity contribution >= 4 is 16.3 Å². The highest BCUT2D eigenvalue weighted by atomic mass is 32.1. The molecule has 0 fully saturated rings. The van der Waals surface area contributed by atoms with Crippen LogP contribution in [0.3, 0.4) is 0 Å². The van der Waals surface area contributed by atoms with Crippen LogP contribution < -0.4 is 5.32 Å². The summed E-state index contributed by atoms with van der Waals surface area (Å²) >= 11 is 1.71. The van der Waals surface area contributed by atoms with Crippen LogP contribution in [0.5, 0.6) is 0 Å². The third kappa shape index (κ3) is 3.55. The number of thiazole rings is 1. The summed E-state index contributed by atoms with van der Waals surface area (Å²) in [6.45, 7) is 9.93. The zero-order valence-corrected chi connectivity index (χ0v) is 12.8. The standard InChI is InChI=1S/C14H23N3OS/c1-4-7-18-8-5-6-15-9-13-12(3)16-14-17(13)11(2)10-19-14/h10,15H,4-9H2,1-3H3. The molecule has 0 saturated carbocycles. The molecule has 2 rings (SSSR count). The Labute approximate surface area is 118 Å². The maximum Gasteiger partial charge on any atom is 0.194 e. The van der Waals surface area contributed by atoms with Crippen molar-refractivity contribution in [1.82, 2.24) is 14.7 Å². The van der Waals surface area contributed by atoms with E-state index in [1.54, 1.807) is 11.3 Å². The largest absolute Gasteiger partial charge is 0.381 e. The number of nitrogens with one attached hydrogen (secondary N) is 1. The lowest BCUT2D eigenvalue weighted by molar-refractivity contribution is 0.132. The highest BCUT2D eigenvalue weighted by Crippen LogP contribution is 2.20. The van der Waals surface area contributed by atoms with Gasteiger partial charge in [-0.3, -0.25) is 4.40 Å². The molecule has 0 unspecified atom stereocenters. The van der Waals surface area contributed by atoms with Crippen molar-refractivity contribution in [2.75, 3.05) is 19.8 Å². The molecule has 0 spiro atoms. The maximum absolute atomic E-state index is 5.46. The van der Waals surface area contributed by atoms with Crippen LogP contribution in [0, 0.1) is 13.8 Å². The van der Waals surface area contributed by atoms with Crippen LogP contribution in [0.1, 0.15) is 36.8 Å². The molecule has 0 radical (unpaired) electrons. The number of aryl methyl sites for hydroxylation is 2. The fourth-order valence-corrected chi connectivity index (χ4v) is 3.06. The quantitative estimate of drug-likeness (QED) is 0.756. The first-order valence-corrected chi connectivity index (χ1v) is 7.82. The van der Waals surface area contributed by atoms with Crippen LogP contribution in [-0.2, 0) is 11.3 Å². The number of hydrogen-bond acceptors (Lipinski definition) is 4. The molecule has 2 aromatic rings. The van der Waals surface area contributed by atoms with E-state index in [0.717, 1.165) is 49.8 Å². The molecule has 1 N–H and O–H groups in total. The zero-order valence-electron chi connectivity index (χ0n) is 12.0. The Morgan fingerprint density at radius 2 is 2.21 bits per heavy atom. The molecule has 5 heteroatoms. The van der Waals surface area contributed by atoms with Crippen molar-refractivity contribution in [3.8, 4) is 0 Å². The Kier molecular flexibility index (Phi) is 5.36. The van der Waals surface area contributed by atoms with Gasteiger partial charge < -0.3 is 10.1 Å². The summed E-state index contributed by atoms with van der Waals surface area (Å²) in [6, 6.07) is 0. The molecule has 2 heterocycles. The molecule has 0 saturated heterocycles. The van der Waals surface area contributed by atoms with Crippen molar-refractivity contribution in [2.45, 2.75) is 40.2 Å². The molecular weight excluding hydrogens is 258 g/mol. The van der Waals surface area contributed by atoms with E-state index in [4.69, 9.17) is 4.74 Å². The Bertz CT molecular complexity index is 518. The minimum absolute atomic E-state index is 0.846. The molecule has 2 aromatic heterocycles. The van der Waals surface area contributed by atoms with E-state index in [0.29, 0.717) is 0 Å². The average molecular weight is 281 g/mol. The molecule has 106 valence electrons. The smallest absolute Gasteiger partial charge is 0.194 e. The number of hydrogen-bond donors (Lipinski definition) is 1. The van der Waals surface area contributed by atoms with Gasteiger partial charge in [0.2, 0.25) is 0 Å². The van der Waals surface area contributed by atoms with Gasteiger partial charge in [-0.05, 0) is 33.2 Å². The number of rotatable bonds is 8. The van der Waals surface area contributed by atoms with Gasteiger partial charge in [0.05, 0.1) is 11.4 Å². The van der Waals surface area contributed by atoms with E-state index in [9.17, 15) is 0 Å². The van der Waals surface area contributed by atoms with Gasteiger partial charge in [-0.25, -0.2) is 4.98 Å². The molecular formula is C14H23N3OS. The summed E-state index contributed by atoms with van der Waals surface area (Å²) in [4.78, 5) is 5.69. The summed E-state index contributed by atoms with van der Waals surface area (Å²) in [7, 11) is 0. The first-order chi connectivity index (χ1) is 9.24. The van der Waals surface area contributed by atoms with Gasteiger partial charge in [-0.1, -0.05) is 6.92 Å². The van der Waals surface area contributed by atoms with Gasteiger partial charge in [0.15, 0.2) is 4.96 Å². The van der Waals surface area contributed by atoms with Crippen LogP contribution in [0.25, 0.3) is 4.96 Å². The fraction of sp³-hybridized carbons (Fsp3) is 0.643. The molecule has 0 aliphatic carbocycles. The molecule has 0 atom stereocenters. The Hall–Kier alpha value is -0.910. The maximum atomic E-state index is 5.46. The first kappa shape index (κ1) is 14.5. The topological polar surface area (TPSA) is 38.6 Å². The molecule has 4 nitrogen and oxygen atoms in total. The Morgan fingerprint density at radius 3 is 3.00 bits per heavy atom. The summed E-state index contributed by atoms with van der Waals surface area (Å²) in [5, 5.41) is 5.64. The van der Waals surface area contributed by atoms with E-state index >= 15 is 0 Å². The first-order valence-electron chi connectivity index (χ1n) is 6.94. The van der Waals surface area contributed by atoms with Crippen molar-refractivity contribution < 1.29 is 4.74 Å². The van der Waals surface area contributed by atoms with Gasteiger partial charge in [0.1, 0.15) is 0 Å². The summed E-state index contributed by atoms with van der Waals surface area (Å²) < 4.78 is 7.72. The van der Waals surface area contributed by atoms with Crippen molar-refractivity contribution in [3.63, 3.8) is 0 Å². The van der Waals surface area contributed by atoms with Crippen LogP contribution in [0.2, 0.25) is 0 Å². The molecule has 0 aliphatic rings. The van der Waals surface area contributed by atoms with E-state index in [1.165, 1.54) is 11.4 Å². The molecule has 19 heavy (non-hydrogen) atoms. The van der Waals surface area contributed by atoms with E-state index in [1.807, 2.05) is 0 Å². The molecule has 0 aliphatic heterocycles. The average Bonchev–Trinajstić information content (AvgIpc) is 2.89. The highest BCUT2D eigenvalue weighted by Gasteiger charge is 2.11. The predicted octanol–water partition coefficient (Wildman–Crippen LogP) is 2.92. The second kappa shape index (κ2) is 7.03. The van der Waals surface area contributed by atoms with Crippen LogP contribution in [-0.4, -0.2) is 29.1 Å². The van der Waals surface area contributed by atoms with Gasteiger partial charge >= 0.3 is 0 Å². The minimum Gasteiger partial charge on any atom is -0.381 e. The third-order valence-corrected chi connectivity index (χ3v) is 4.06. The van der Waals surface area contributed by atoms with Gasteiger partial charge in [0, 0.05) is 30.8 Å². The number of aromatic nitrogens is 2. The lowest BCUT2D eigenvalue weighted by Crippen LogP contribution is -2.18. The van der Waals surface area contributed by atoms with Crippen molar-refractivity contribution in [1.29, 1.82) is 0 Å². The molecule has 0 bridgehead atoms. The highest BCUT2D eigenvalue weighted by molar-refractivity contribution is 7.15. The summed E-state index contributed by atoms with van der Waals surface area (Å²) in [5.74, 6) is 0. The number of imidazole rings is 1. The fourth-order valence-electron chi connectivity index (χ4n) is 2.13. The van der Waals surface area contributed by atoms with Crippen molar-refractivity contribution in [3.05, 3.63) is 22.5 Å². The SMILES string of the molecule is CCCOCCCNCc1c(C)nc2scc(C)n12. The molecule has 0 aromatic carbocycles. The monoisotopic (exact) mass is 281 g/mol. The lowest BCUT2D eigenvalue weighted by atomic mass is 10.3. The second-order valence-electron chi connectivity index (χ2n) is 4.78. The van der Waals surface area contributed by atoms with Crippen LogP contribution in [0.4, 0.5) is 0 Å². The van der Waals surface area contributed by atoms with Gasteiger partial charge in [-0.2, -0.15) is 0 Å². The third-order valence-electron chi connectivity index (χ3n) is 3.11. The minimum atomic E-state index is 0.846. The number of nitrogens with zero attached hydrogens (tertiary/aromatic N) is 2. The van der Waals surface area contributed by atoms with Gasteiger partial charge in [0.25, 0.3) is 0 Å². The van der Waals surface area contributed by atoms with Crippen molar-refractivity contribution in [2.24, 2.45) is 0 Å². The second-order valence-corrected chi connectivity index (χ2v) is 5.62. The van der Waals surface area contributed by atoms with E-state index in [-0.39, 0.29) is 0 Å². The summed E-state index contributed by atoms with van der Waals surface area (Å²) in [5.41, 5.74) is 3.68. The van der Waals surface area contributed by atoms with Crippen LogP contribution in [0.15, 0.2) is 5.38 Å². The zero-order chi connectivity index (χ0) is 13.7. The Morgan fingerprint density at radius 1 is 1.37 bits per heavy atom. The lowest BCUT2D eigenvalue weighted by Gasteiger charge is -2.06. The Balaban J connectivity index is 1.81. The van der Waals surface area contributed by atoms with E-state index in [2.05, 4.69) is 40.9 Å². The normalized spacial score (nSPS) is 11.5. The number of ether oxygens (including phenoxy) is 1. The van der Waals surface area contributed by atoms with Gasteiger partial charge in [-0.15, -0.1) is 11.3 Å². The summed E-state index contributed by atoms with van der Waals surface area (Å²) in [6.07, 6.45) is 2.15.